The molecular formula is C19H24FNO2. The summed E-state index contributed by atoms with van der Waals surface area (Å²) in [5, 5.41) is 0. The van der Waals surface area contributed by atoms with Crippen LogP contribution in [0.15, 0.2) is 42.5 Å². The molecule has 0 aliphatic carbocycles. The summed E-state index contributed by atoms with van der Waals surface area (Å²) in [6.45, 7) is 2.98. The van der Waals surface area contributed by atoms with Gasteiger partial charge in [0, 0.05) is 0 Å². The third kappa shape index (κ3) is 4.70. The van der Waals surface area contributed by atoms with E-state index >= 15 is 0 Å². The van der Waals surface area contributed by atoms with Crippen molar-refractivity contribution in [2.45, 2.75) is 25.7 Å². The van der Waals surface area contributed by atoms with Crippen LogP contribution in [0, 0.1) is 12.7 Å². The van der Waals surface area contributed by atoms with Crippen LogP contribution in [0.2, 0.25) is 0 Å². The lowest BCUT2D eigenvalue weighted by atomic mass is 9.94. The summed E-state index contributed by atoms with van der Waals surface area (Å²) in [7, 11) is 1.63. The third-order valence-corrected chi connectivity index (χ3v) is 3.90. The first-order valence-corrected chi connectivity index (χ1v) is 7.87. The fraction of sp³-hybridized carbons (Fsp3) is 0.368. The van der Waals surface area contributed by atoms with Gasteiger partial charge in [-0.25, -0.2) is 4.39 Å². The summed E-state index contributed by atoms with van der Waals surface area (Å²) in [5.41, 5.74) is 7.61. The van der Waals surface area contributed by atoms with E-state index in [0.29, 0.717) is 18.7 Å². The maximum Gasteiger partial charge on any atom is 0.161 e. The Morgan fingerprint density at radius 3 is 2.61 bits per heavy atom. The lowest BCUT2D eigenvalue weighted by molar-refractivity contribution is 0.282. The molecule has 2 aromatic carbocycles. The first kappa shape index (κ1) is 17.3. The molecule has 23 heavy (non-hydrogen) atoms. The molecule has 4 heteroatoms. The van der Waals surface area contributed by atoms with Crippen LogP contribution < -0.4 is 15.2 Å². The number of aryl methyl sites for hydroxylation is 1. The van der Waals surface area contributed by atoms with E-state index in [9.17, 15) is 4.39 Å². The topological polar surface area (TPSA) is 44.5 Å². The predicted octanol–water partition coefficient (Wildman–Crippen LogP) is 4.04. The highest BCUT2D eigenvalue weighted by Crippen LogP contribution is 2.28. The zero-order valence-electron chi connectivity index (χ0n) is 13.7. The van der Waals surface area contributed by atoms with Crippen molar-refractivity contribution in [1.82, 2.24) is 0 Å². The molecule has 3 nitrogen and oxygen atoms in total. The van der Waals surface area contributed by atoms with Gasteiger partial charge in [-0.1, -0.05) is 24.3 Å². The average molecular weight is 317 g/mol. The summed E-state index contributed by atoms with van der Waals surface area (Å²) in [6.07, 6.45) is 1.58. The summed E-state index contributed by atoms with van der Waals surface area (Å²) in [6, 6.07) is 12.7. The van der Waals surface area contributed by atoms with Crippen LogP contribution in [0.3, 0.4) is 0 Å². The summed E-state index contributed by atoms with van der Waals surface area (Å²) < 4.78 is 24.9. The minimum atomic E-state index is -0.191. The molecule has 0 aliphatic rings. The Kier molecular flexibility index (Phi) is 6.41. The van der Waals surface area contributed by atoms with E-state index in [1.54, 1.807) is 19.2 Å². The van der Waals surface area contributed by atoms with Gasteiger partial charge in [0.2, 0.25) is 0 Å². The van der Waals surface area contributed by atoms with Crippen LogP contribution in [0.25, 0.3) is 0 Å². The van der Waals surface area contributed by atoms with Crippen molar-refractivity contribution in [2.75, 3.05) is 20.3 Å². The molecule has 0 saturated heterocycles. The Labute approximate surface area is 137 Å². The summed E-state index contributed by atoms with van der Waals surface area (Å²) in [5.74, 6) is 1.28. The smallest absolute Gasteiger partial charge is 0.161 e. The van der Waals surface area contributed by atoms with Gasteiger partial charge in [-0.3, -0.25) is 0 Å². The summed E-state index contributed by atoms with van der Waals surface area (Å²) >= 11 is 0. The van der Waals surface area contributed by atoms with Gasteiger partial charge in [-0.2, -0.15) is 0 Å². The van der Waals surface area contributed by atoms with E-state index in [4.69, 9.17) is 15.2 Å². The second-order valence-electron chi connectivity index (χ2n) is 5.60. The van der Waals surface area contributed by atoms with Gasteiger partial charge in [0.25, 0.3) is 0 Å². The standard InChI is InChI=1S/C19H24FNO2/c1-14-9-10-18(19(12-14)22-2)23-11-5-6-15(13-21)16-7-3-4-8-17(16)20/h3-4,7-10,12,15H,5-6,11,13,21H2,1-2H3. The molecule has 0 aliphatic heterocycles. The van der Waals surface area contributed by atoms with E-state index in [0.717, 1.165) is 29.9 Å². The monoisotopic (exact) mass is 317 g/mol. The van der Waals surface area contributed by atoms with Gasteiger partial charge in [-0.15, -0.1) is 0 Å². The molecule has 0 fully saturated rings. The number of ether oxygens (including phenoxy) is 2. The van der Waals surface area contributed by atoms with Crippen molar-refractivity contribution in [3.05, 3.63) is 59.4 Å². The SMILES string of the molecule is COc1cc(C)ccc1OCCCC(CN)c1ccccc1F. The molecule has 0 heterocycles. The van der Waals surface area contributed by atoms with Crippen molar-refractivity contribution in [1.29, 1.82) is 0 Å². The molecule has 0 amide bonds. The molecule has 2 aromatic rings. The Bertz CT molecular complexity index is 631. The number of hydrogen-bond acceptors (Lipinski definition) is 3. The molecule has 0 spiro atoms. The van der Waals surface area contributed by atoms with Gasteiger partial charge < -0.3 is 15.2 Å². The lowest BCUT2D eigenvalue weighted by Crippen LogP contribution is -2.15. The second kappa shape index (κ2) is 8.53. The Morgan fingerprint density at radius 2 is 1.91 bits per heavy atom. The van der Waals surface area contributed by atoms with Gasteiger partial charge in [0.15, 0.2) is 11.5 Å². The predicted molar refractivity (Wildman–Crippen MR) is 90.7 cm³/mol. The van der Waals surface area contributed by atoms with Crippen LogP contribution in [0.4, 0.5) is 4.39 Å². The second-order valence-corrected chi connectivity index (χ2v) is 5.60. The molecule has 124 valence electrons. The first-order chi connectivity index (χ1) is 11.2. The highest BCUT2D eigenvalue weighted by molar-refractivity contribution is 5.42. The largest absolute Gasteiger partial charge is 0.493 e. The van der Waals surface area contributed by atoms with Crippen molar-refractivity contribution >= 4 is 0 Å². The molecule has 0 saturated carbocycles. The van der Waals surface area contributed by atoms with E-state index in [2.05, 4.69) is 0 Å². The number of hydrogen-bond donors (Lipinski definition) is 1. The quantitative estimate of drug-likeness (QED) is 0.747. The molecule has 0 aromatic heterocycles. The van der Waals surface area contributed by atoms with Crippen LogP contribution in [0.5, 0.6) is 11.5 Å². The van der Waals surface area contributed by atoms with Crippen LogP contribution >= 0.6 is 0 Å². The maximum atomic E-state index is 13.8. The fourth-order valence-corrected chi connectivity index (χ4v) is 2.61. The Balaban J connectivity index is 1.88. The number of methoxy groups -OCH3 is 1. The number of benzene rings is 2. The normalized spacial score (nSPS) is 12.0. The van der Waals surface area contributed by atoms with Gasteiger partial charge in [0.1, 0.15) is 5.82 Å². The zero-order chi connectivity index (χ0) is 16.7. The minimum absolute atomic E-state index is 0.0136. The van der Waals surface area contributed by atoms with Crippen molar-refractivity contribution in [3.8, 4) is 11.5 Å². The fourth-order valence-electron chi connectivity index (χ4n) is 2.61. The van der Waals surface area contributed by atoms with Crippen molar-refractivity contribution in [3.63, 3.8) is 0 Å². The molecular weight excluding hydrogens is 293 g/mol. The van der Waals surface area contributed by atoms with Crippen molar-refractivity contribution in [2.24, 2.45) is 5.73 Å². The van der Waals surface area contributed by atoms with Crippen molar-refractivity contribution < 1.29 is 13.9 Å². The minimum Gasteiger partial charge on any atom is -0.493 e. The number of halogens is 1. The van der Waals surface area contributed by atoms with E-state index in [1.165, 1.54) is 6.07 Å². The van der Waals surface area contributed by atoms with Gasteiger partial charge in [0.05, 0.1) is 13.7 Å². The van der Waals surface area contributed by atoms with Crippen LogP contribution in [0.1, 0.15) is 29.9 Å². The number of nitrogens with two attached hydrogens (primary N) is 1. The third-order valence-electron chi connectivity index (χ3n) is 3.90. The number of rotatable bonds is 8. The molecule has 2 N–H and O–H groups in total. The average Bonchev–Trinajstić information content (AvgIpc) is 2.57. The molecule has 2 rings (SSSR count). The molecule has 1 unspecified atom stereocenters. The summed E-state index contributed by atoms with van der Waals surface area (Å²) in [4.78, 5) is 0. The van der Waals surface area contributed by atoms with E-state index in [-0.39, 0.29) is 11.7 Å². The lowest BCUT2D eigenvalue weighted by Gasteiger charge is -2.16. The van der Waals surface area contributed by atoms with Crippen LogP contribution in [-0.4, -0.2) is 20.3 Å². The molecule has 0 radical (unpaired) electrons. The first-order valence-electron chi connectivity index (χ1n) is 7.87. The Morgan fingerprint density at radius 1 is 1.13 bits per heavy atom. The zero-order valence-corrected chi connectivity index (χ0v) is 13.7. The Hall–Kier alpha value is -2.07. The highest BCUT2D eigenvalue weighted by Gasteiger charge is 2.14. The molecule has 1 atom stereocenters. The van der Waals surface area contributed by atoms with Gasteiger partial charge >= 0.3 is 0 Å². The molecule has 0 bridgehead atoms. The highest BCUT2D eigenvalue weighted by atomic mass is 19.1. The van der Waals surface area contributed by atoms with Crippen LogP contribution in [-0.2, 0) is 0 Å². The van der Waals surface area contributed by atoms with E-state index < -0.39 is 0 Å². The van der Waals surface area contributed by atoms with Gasteiger partial charge in [-0.05, 0) is 61.6 Å². The maximum absolute atomic E-state index is 13.8. The van der Waals surface area contributed by atoms with E-state index in [1.807, 2.05) is 31.2 Å².